The zero-order chi connectivity index (χ0) is 24.6. The van der Waals surface area contributed by atoms with Crippen LogP contribution in [-0.4, -0.2) is 15.5 Å². The van der Waals surface area contributed by atoms with E-state index in [0.717, 1.165) is 21.3 Å². The summed E-state index contributed by atoms with van der Waals surface area (Å²) in [6, 6.07) is 20.9. The number of nitrogens with zero attached hydrogens (tertiary/aromatic N) is 4. The van der Waals surface area contributed by atoms with Crippen molar-refractivity contribution in [3.63, 3.8) is 0 Å². The van der Waals surface area contributed by atoms with Crippen LogP contribution >= 0.6 is 27.7 Å². The minimum absolute atomic E-state index is 0.315. The third-order valence-corrected chi connectivity index (χ3v) is 7.20. The highest BCUT2D eigenvalue weighted by molar-refractivity contribution is 9.10. The first-order valence-corrected chi connectivity index (χ1v) is 12.4. The number of halogens is 4. The van der Waals surface area contributed by atoms with E-state index in [2.05, 4.69) is 32.7 Å². The van der Waals surface area contributed by atoms with Gasteiger partial charge in [0.05, 0.1) is 11.4 Å². The lowest BCUT2D eigenvalue weighted by Gasteiger charge is -2.19. The van der Waals surface area contributed by atoms with Crippen LogP contribution in [0.15, 0.2) is 112 Å². The van der Waals surface area contributed by atoms with Crippen LogP contribution in [-0.2, 0) is 11.4 Å². The van der Waals surface area contributed by atoms with Crippen molar-refractivity contribution in [2.24, 2.45) is 10.2 Å². The first-order valence-electron chi connectivity index (χ1n) is 10.6. The first-order chi connectivity index (χ1) is 16.8. The molecule has 1 aromatic heterocycles. The average molecular weight is 555 g/mol. The van der Waals surface area contributed by atoms with Gasteiger partial charge in [-0.05, 0) is 42.0 Å². The third kappa shape index (κ3) is 4.58. The molecule has 0 radical (unpaired) electrons. The van der Waals surface area contributed by atoms with E-state index >= 15 is 0 Å². The largest absolute Gasteiger partial charge is 0.318 e. The van der Waals surface area contributed by atoms with Gasteiger partial charge in [-0.15, -0.1) is 10.2 Å². The van der Waals surface area contributed by atoms with Gasteiger partial charge in [-0.25, -0.2) is 9.37 Å². The Balaban J connectivity index is 1.40. The Kier molecular flexibility index (Phi) is 6.14. The molecule has 0 unspecified atom stereocenters. The molecule has 0 amide bonds. The van der Waals surface area contributed by atoms with Crippen LogP contribution in [0.25, 0.3) is 16.9 Å². The second kappa shape index (κ2) is 9.13. The number of benzene rings is 3. The maximum Gasteiger partial charge on any atom is 0.318 e. The standard InChI is InChI=1S/C26H18BrF3N4S/c1-2-25(29,30)26(32-33-26)19-10-6-17(7-11-19)16-35-24-31-23(18-8-12-20(27)13-9-18)15-34(24)22-5-3-4-21(28)14-22/h2-15H,1,16H2. The molecule has 0 bridgehead atoms. The number of rotatable bonds is 8. The van der Waals surface area contributed by atoms with Crippen molar-refractivity contribution in [1.29, 1.82) is 0 Å². The minimum Gasteiger partial charge on any atom is -0.294 e. The summed E-state index contributed by atoms with van der Waals surface area (Å²) in [5.74, 6) is -3.05. The number of imidazole rings is 1. The summed E-state index contributed by atoms with van der Waals surface area (Å²) in [7, 11) is 0. The highest BCUT2D eigenvalue weighted by atomic mass is 79.9. The molecule has 0 saturated carbocycles. The van der Waals surface area contributed by atoms with Gasteiger partial charge >= 0.3 is 5.92 Å². The summed E-state index contributed by atoms with van der Waals surface area (Å²) in [6.07, 6.45) is 2.45. The Bertz CT molecular complexity index is 1410. The van der Waals surface area contributed by atoms with Gasteiger partial charge in [-0.3, -0.25) is 4.57 Å². The van der Waals surface area contributed by atoms with Crippen molar-refractivity contribution >= 4 is 27.7 Å². The molecule has 0 aliphatic carbocycles. The molecule has 2 heterocycles. The summed E-state index contributed by atoms with van der Waals surface area (Å²) in [5, 5.41) is 7.90. The van der Waals surface area contributed by atoms with Crippen molar-refractivity contribution in [1.82, 2.24) is 9.55 Å². The van der Waals surface area contributed by atoms with E-state index in [1.165, 1.54) is 23.9 Å². The maximum absolute atomic E-state index is 14.2. The second-order valence-electron chi connectivity index (χ2n) is 7.95. The van der Waals surface area contributed by atoms with Gasteiger partial charge in [0, 0.05) is 27.5 Å². The molecule has 4 nitrogen and oxygen atoms in total. The number of hydrogen-bond donors (Lipinski definition) is 0. The van der Waals surface area contributed by atoms with E-state index in [-0.39, 0.29) is 5.82 Å². The fourth-order valence-corrected chi connectivity index (χ4v) is 4.86. The zero-order valence-corrected chi connectivity index (χ0v) is 20.6. The molecule has 1 aliphatic heterocycles. The highest BCUT2D eigenvalue weighted by Crippen LogP contribution is 2.52. The quantitative estimate of drug-likeness (QED) is 0.163. The van der Waals surface area contributed by atoms with Crippen molar-refractivity contribution < 1.29 is 13.2 Å². The molecular formula is C26H18BrF3N4S. The van der Waals surface area contributed by atoms with E-state index in [1.807, 2.05) is 41.1 Å². The van der Waals surface area contributed by atoms with Gasteiger partial charge in [-0.2, -0.15) is 8.78 Å². The molecule has 0 fully saturated rings. The monoisotopic (exact) mass is 554 g/mol. The molecule has 5 rings (SSSR count). The van der Waals surface area contributed by atoms with Gasteiger partial charge in [0.1, 0.15) is 5.82 Å². The fraction of sp³-hybridized carbons (Fsp3) is 0.115. The third-order valence-electron chi connectivity index (χ3n) is 5.65. The first kappa shape index (κ1) is 23.6. The molecule has 35 heavy (non-hydrogen) atoms. The van der Waals surface area contributed by atoms with Crippen LogP contribution < -0.4 is 0 Å². The molecular weight excluding hydrogens is 537 g/mol. The average Bonchev–Trinajstić information content (AvgIpc) is 3.58. The smallest absolute Gasteiger partial charge is 0.294 e. The number of hydrogen-bond acceptors (Lipinski definition) is 4. The Hall–Kier alpha value is -3.17. The van der Waals surface area contributed by atoms with Crippen LogP contribution in [0, 0.1) is 5.82 Å². The minimum atomic E-state index is -3.25. The normalized spacial score (nSPS) is 14.2. The number of thioether (sulfide) groups is 1. The SMILES string of the molecule is C=CC(F)(F)C1(c2ccc(CSc3nc(-c4ccc(Br)cc4)cn3-c3cccc(F)c3)cc2)N=N1. The predicted octanol–water partition coefficient (Wildman–Crippen LogP) is 8.17. The van der Waals surface area contributed by atoms with Crippen LogP contribution in [0.4, 0.5) is 13.2 Å². The predicted molar refractivity (Wildman–Crippen MR) is 134 cm³/mol. The fourth-order valence-electron chi connectivity index (χ4n) is 3.65. The molecule has 3 aromatic carbocycles. The van der Waals surface area contributed by atoms with Gasteiger partial charge in [0.15, 0.2) is 5.16 Å². The lowest BCUT2D eigenvalue weighted by molar-refractivity contribution is 0.00427. The summed E-state index contributed by atoms with van der Waals surface area (Å²) >= 11 is 4.91. The Labute approximate surface area is 212 Å². The summed E-state index contributed by atoms with van der Waals surface area (Å²) in [5.41, 5.74) is 1.70. The van der Waals surface area contributed by atoms with Crippen LogP contribution in [0.3, 0.4) is 0 Å². The van der Waals surface area contributed by atoms with Gasteiger partial charge in [-0.1, -0.05) is 76.7 Å². The Morgan fingerprint density at radius 2 is 1.74 bits per heavy atom. The zero-order valence-electron chi connectivity index (χ0n) is 18.2. The van der Waals surface area contributed by atoms with Crippen molar-refractivity contribution in [3.05, 3.63) is 113 Å². The van der Waals surface area contributed by atoms with Crippen LogP contribution in [0.2, 0.25) is 0 Å². The van der Waals surface area contributed by atoms with Crippen molar-refractivity contribution in [2.45, 2.75) is 22.5 Å². The summed E-state index contributed by atoms with van der Waals surface area (Å²) < 4.78 is 45.1. The molecule has 9 heteroatoms. The second-order valence-corrected chi connectivity index (χ2v) is 9.81. The molecule has 1 aliphatic rings. The van der Waals surface area contributed by atoms with Gasteiger partial charge < -0.3 is 0 Å². The van der Waals surface area contributed by atoms with Crippen molar-refractivity contribution in [2.75, 3.05) is 0 Å². The Morgan fingerprint density at radius 1 is 1.03 bits per heavy atom. The van der Waals surface area contributed by atoms with E-state index in [9.17, 15) is 13.2 Å². The summed E-state index contributed by atoms with van der Waals surface area (Å²) in [6.45, 7) is 3.20. The molecule has 176 valence electrons. The maximum atomic E-state index is 14.2. The van der Waals surface area contributed by atoms with Crippen LogP contribution in [0.5, 0.6) is 0 Å². The van der Waals surface area contributed by atoms with E-state index in [0.29, 0.717) is 28.2 Å². The lowest BCUT2D eigenvalue weighted by Crippen LogP contribution is -2.32. The van der Waals surface area contributed by atoms with Crippen LogP contribution in [0.1, 0.15) is 11.1 Å². The number of aromatic nitrogens is 2. The van der Waals surface area contributed by atoms with Gasteiger partial charge in [0.25, 0.3) is 5.66 Å². The molecule has 0 atom stereocenters. The van der Waals surface area contributed by atoms with Gasteiger partial charge in [0.2, 0.25) is 0 Å². The van der Waals surface area contributed by atoms with E-state index < -0.39 is 11.6 Å². The summed E-state index contributed by atoms with van der Waals surface area (Å²) in [4.78, 5) is 4.79. The molecule has 0 saturated heterocycles. The molecule has 0 N–H and O–H groups in total. The van der Waals surface area contributed by atoms with E-state index in [4.69, 9.17) is 4.98 Å². The number of alkyl halides is 2. The van der Waals surface area contributed by atoms with E-state index in [1.54, 1.807) is 30.3 Å². The molecule has 0 spiro atoms. The van der Waals surface area contributed by atoms with Crippen molar-refractivity contribution in [3.8, 4) is 16.9 Å². The lowest BCUT2D eigenvalue weighted by atomic mass is 9.96. The topological polar surface area (TPSA) is 42.5 Å². The highest BCUT2D eigenvalue weighted by Gasteiger charge is 2.61. The molecule has 4 aromatic rings. The Morgan fingerprint density at radius 3 is 2.37 bits per heavy atom.